The molecule has 0 N–H and O–H groups in total. The largest absolute Gasteiger partial charge is 0.490 e. The van der Waals surface area contributed by atoms with Crippen molar-refractivity contribution >= 4 is 15.9 Å². The van der Waals surface area contributed by atoms with Crippen LogP contribution in [0, 0.1) is 5.82 Å². The Morgan fingerprint density at radius 3 is 2.44 bits per heavy atom. The highest BCUT2D eigenvalue weighted by Crippen LogP contribution is 2.23. The molecule has 0 bridgehead atoms. The first-order valence-corrected chi connectivity index (χ1v) is 5.58. The monoisotopic (exact) mass is 300 g/mol. The van der Waals surface area contributed by atoms with Gasteiger partial charge in [0.05, 0.1) is 13.0 Å². The summed E-state index contributed by atoms with van der Waals surface area (Å²) in [6.45, 7) is -0.575. The molecule has 0 amide bonds. The maximum Gasteiger partial charge on any atom is 0.392 e. The second kappa shape index (κ2) is 5.52. The van der Waals surface area contributed by atoms with Crippen LogP contribution in [0.4, 0.5) is 17.6 Å². The highest BCUT2D eigenvalue weighted by atomic mass is 79.9. The molecule has 1 nitrogen and oxygen atoms in total. The Kier molecular flexibility index (Phi) is 4.58. The van der Waals surface area contributed by atoms with Gasteiger partial charge in [0.2, 0.25) is 0 Å². The third-order valence-electron chi connectivity index (χ3n) is 1.79. The first kappa shape index (κ1) is 13.3. The van der Waals surface area contributed by atoms with E-state index >= 15 is 0 Å². The van der Waals surface area contributed by atoms with Crippen LogP contribution in [-0.2, 0) is 5.33 Å². The van der Waals surface area contributed by atoms with Gasteiger partial charge in [0.15, 0.2) is 11.6 Å². The minimum atomic E-state index is -4.29. The number of hydrogen-bond donors (Lipinski definition) is 0. The van der Waals surface area contributed by atoms with Gasteiger partial charge in [0.1, 0.15) is 0 Å². The van der Waals surface area contributed by atoms with Gasteiger partial charge in [-0.2, -0.15) is 13.2 Å². The van der Waals surface area contributed by atoms with Crippen LogP contribution in [0.1, 0.15) is 12.0 Å². The molecule has 0 spiro atoms. The molecule has 1 rings (SSSR count). The van der Waals surface area contributed by atoms with Gasteiger partial charge in [-0.3, -0.25) is 0 Å². The molecule has 0 heterocycles. The van der Waals surface area contributed by atoms with E-state index in [4.69, 9.17) is 4.74 Å². The molecule has 0 atom stereocenters. The van der Waals surface area contributed by atoms with Gasteiger partial charge in [-0.1, -0.05) is 22.0 Å². The molecule has 1 aromatic carbocycles. The fourth-order valence-electron chi connectivity index (χ4n) is 1.02. The molecule has 0 aliphatic heterocycles. The van der Waals surface area contributed by atoms with Crippen LogP contribution in [0.25, 0.3) is 0 Å². The Balaban J connectivity index is 2.55. The van der Waals surface area contributed by atoms with Gasteiger partial charge in [-0.15, -0.1) is 0 Å². The van der Waals surface area contributed by atoms with Crippen molar-refractivity contribution in [3.05, 3.63) is 29.6 Å². The summed E-state index contributed by atoms with van der Waals surface area (Å²) in [5.74, 6) is -0.812. The van der Waals surface area contributed by atoms with Crippen molar-refractivity contribution in [1.29, 1.82) is 0 Å². The van der Waals surface area contributed by atoms with Crippen LogP contribution >= 0.6 is 15.9 Å². The van der Waals surface area contributed by atoms with Gasteiger partial charge in [-0.05, 0) is 17.7 Å². The zero-order valence-corrected chi connectivity index (χ0v) is 9.74. The third-order valence-corrected chi connectivity index (χ3v) is 2.44. The Morgan fingerprint density at radius 1 is 1.25 bits per heavy atom. The molecule has 0 aliphatic rings. The van der Waals surface area contributed by atoms with E-state index < -0.39 is 25.0 Å². The van der Waals surface area contributed by atoms with Crippen molar-refractivity contribution in [2.45, 2.75) is 17.9 Å². The van der Waals surface area contributed by atoms with Crippen LogP contribution in [0.15, 0.2) is 18.2 Å². The summed E-state index contributed by atoms with van der Waals surface area (Å²) >= 11 is 3.14. The molecule has 1 aromatic rings. The normalized spacial score (nSPS) is 11.6. The van der Waals surface area contributed by atoms with Crippen molar-refractivity contribution < 1.29 is 22.3 Å². The molecule has 16 heavy (non-hydrogen) atoms. The Hall–Kier alpha value is -0.780. The summed E-state index contributed by atoms with van der Waals surface area (Å²) in [5, 5.41) is 0.479. The van der Waals surface area contributed by atoms with E-state index in [0.29, 0.717) is 10.9 Å². The highest BCUT2D eigenvalue weighted by Gasteiger charge is 2.27. The summed E-state index contributed by atoms with van der Waals surface area (Å²) in [6.07, 6.45) is -5.38. The summed E-state index contributed by atoms with van der Waals surface area (Å²) in [6, 6.07) is 4.13. The van der Waals surface area contributed by atoms with Crippen LogP contribution in [0.2, 0.25) is 0 Å². The zero-order chi connectivity index (χ0) is 12.2. The number of rotatable bonds is 4. The lowest BCUT2D eigenvalue weighted by molar-refractivity contribution is -0.139. The van der Waals surface area contributed by atoms with E-state index in [9.17, 15) is 17.6 Å². The summed E-state index contributed by atoms with van der Waals surface area (Å²) in [4.78, 5) is 0. The van der Waals surface area contributed by atoms with E-state index in [0.717, 1.165) is 0 Å². The van der Waals surface area contributed by atoms with Crippen molar-refractivity contribution in [3.8, 4) is 5.75 Å². The molecule has 0 fully saturated rings. The average Bonchev–Trinajstić information content (AvgIpc) is 2.18. The van der Waals surface area contributed by atoms with E-state index in [1.54, 1.807) is 6.07 Å². The van der Waals surface area contributed by atoms with Crippen LogP contribution in [-0.4, -0.2) is 12.8 Å². The quantitative estimate of drug-likeness (QED) is 0.602. The van der Waals surface area contributed by atoms with Crippen LogP contribution in [0.3, 0.4) is 0 Å². The minimum Gasteiger partial charge on any atom is -0.490 e. The summed E-state index contributed by atoms with van der Waals surface area (Å²) in [5.41, 5.74) is 0.695. The lowest BCUT2D eigenvalue weighted by Gasteiger charge is -2.09. The second-order valence-corrected chi connectivity index (χ2v) is 3.67. The van der Waals surface area contributed by atoms with Crippen molar-refractivity contribution in [3.63, 3.8) is 0 Å². The van der Waals surface area contributed by atoms with Crippen molar-refractivity contribution in [1.82, 2.24) is 0 Å². The fourth-order valence-corrected chi connectivity index (χ4v) is 1.37. The predicted octanol–water partition coefficient (Wildman–Crippen LogP) is 4.05. The topological polar surface area (TPSA) is 9.23 Å². The molecule has 0 saturated heterocycles. The van der Waals surface area contributed by atoms with Gasteiger partial charge in [0.25, 0.3) is 0 Å². The lowest BCUT2D eigenvalue weighted by Crippen LogP contribution is -2.13. The lowest BCUT2D eigenvalue weighted by atomic mass is 10.2. The van der Waals surface area contributed by atoms with Crippen LogP contribution in [0.5, 0.6) is 5.75 Å². The SMILES string of the molecule is Fc1cc(CBr)ccc1OCCC(F)(F)F. The van der Waals surface area contributed by atoms with Gasteiger partial charge >= 0.3 is 6.18 Å². The van der Waals surface area contributed by atoms with Gasteiger partial charge in [0, 0.05) is 5.33 Å². The zero-order valence-electron chi connectivity index (χ0n) is 8.15. The molecule has 0 aromatic heterocycles. The number of benzene rings is 1. The Bertz CT molecular complexity index is 351. The molecule has 90 valence electrons. The smallest absolute Gasteiger partial charge is 0.392 e. The van der Waals surface area contributed by atoms with E-state index in [1.807, 2.05) is 0 Å². The van der Waals surface area contributed by atoms with Gasteiger partial charge in [-0.25, -0.2) is 4.39 Å². The maximum absolute atomic E-state index is 13.2. The Labute approximate surface area is 98.5 Å². The van der Waals surface area contributed by atoms with Gasteiger partial charge < -0.3 is 4.74 Å². The highest BCUT2D eigenvalue weighted by molar-refractivity contribution is 9.08. The third kappa shape index (κ3) is 4.38. The Morgan fingerprint density at radius 2 is 1.94 bits per heavy atom. The second-order valence-electron chi connectivity index (χ2n) is 3.11. The summed E-state index contributed by atoms with van der Waals surface area (Å²) in [7, 11) is 0. The first-order chi connectivity index (χ1) is 7.42. The summed E-state index contributed by atoms with van der Waals surface area (Å²) < 4.78 is 53.3. The number of alkyl halides is 4. The molecule has 0 unspecified atom stereocenters. The fraction of sp³-hybridized carbons (Fsp3) is 0.400. The number of hydrogen-bond acceptors (Lipinski definition) is 1. The molecule has 6 heteroatoms. The standard InChI is InChI=1S/C10H9BrF4O/c11-6-7-1-2-9(8(12)5-7)16-4-3-10(13,14)15/h1-2,5H,3-4,6H2. The molecule has 0 saturated carbocycles. The van der Waals surface area contributed by atoms with Crippen molar-refractivity contribution in [2.24, 2.45) is 0 Å². The van der Waals surface area contributed by atoms with Crippen molar-refractivity contribution in [2.75, 3.05) is 6.61 Å². The molecule has 0 aliphatic carbocycles. The molecular formula is C10H9BrF4O. The van der Waals surface area contributed by atoms with E-state index in [1.165, 1.54) is 12.1 Å². The molecular weight excluding hydrogens is 292 g/mol. The number of halogens is 5. The van der Waals surface area contributed by atoms with Crippen LogP contribution < -0.4 is 4.74 Å². The predicted molar refractivity (Wildman–Crippen MR) is 55.2 cm³/mol. The first-order valence-electron chi connectivity index (χ1n) is 4.46. The minimum absolute atomic E-state index is 0.158. The number of ether oxygens (including phenoxy) is 1. The average molecular weight is 301 g/mol. The van der Waals surface area contributed by atoms with E-state index in [2.05, 4.69) is 15.9 Å². The van der Waals surface area contributed by atoms with E-state index in [-0.39, 0.29) is 5.75 Å². The molecule has 0 radical (unpaired) electrons. The maximum atomic E-state index is 13.2.